The summed E-state index contributed by atoms with van der Waals surface area (Å²) in [7, 11) is 1.99. The first-order valence-electron chi connectivity index (χ1n) is 4.85. The van der Waals surface area contributed by atoms with E-state index in [1.165, 1.54) is 6.42 Å². The number of rotatable bonds is 7. The molecule has 0 aliphatic heterocycles. The number of hydrogen-bond donors (Lipinski definition) is 1. The summed E-state index contributed by atoms with van der Waals surface area (Å²) in [5.74, 6) is 0. The molecule has 0 rings (SSSR count). The predicted molar refractivity (Wildman–Crippen MR) is 53.4 cm³/mol. The van der Waals surface area contributed by atoms with Crippen molar-refractivity contribution in [2.24, 2.45) is 5.41 Å². The quantitative estimate of drug-likeness (QED) is 0.595. The van der Waals surface area contributed by atoms with Crippen molar-refractivity contribution in [3.05, 3.63) is 0 Å². The first-order valence-corrected chi connectivity index (χ1v) is 4.85. The Morgan fingerprint density at radius 1 is 1.33 bits per heavy atom. The van der Waals surface area contributed by atoms with Gasteiger partial charge in [-0.3, -0.25) is 0 Å². The van der Waals surface area contributed by atoms with Crippen LogP contribution in [0.25, 0.3) is 0 Å². The Hall–Kier alpha value is -0.0800. The summed E-state index contributed by atoms with van der Waals surface area (Å²) in [6.45, 7) is 9.48. The molecule has 0 amide bonds. The topological polar surface area (TPSA) is 21.3 Å². The van der Waals surface area contributed by atoms with Crippen LogP contribution in [-0.2, 0) is 4.74 Å². The molecule has 0 bridgehead atoms. The highest BCUT2D eigenvalue weighted by atomic mass is 16.5. The van der Waals surface area contributed by atoms with E-state index in [0.29, 0.717) is 5.41 Å². The third-order valence-electron chi connectivity index (χ3n) is 1.89. The molecule has 1 N–H and O–H groups in total. The number of hydrogen-bond acceptors (Lipinski definition) is 2. The Bertz CT molecular complexity index is 102. The van der Waals surface area contributed by atoms with Gasteiger partial charge in [0.15, 0.2) is 0 Å². The molecule has 0 aromatic carbocycles. The minimum atomic E-state index is 0.318. The maximum Gasteiger partial charge on any atom is 0.0517 e. The summed E-state index contributed by atoms with van der Waals surface area (Å²) in [4.78, 5) is 0. The Kier molecular flexibility index (Phi) is 6.39. The zero-order valence-corrected chi connectivity index (χ0v) is 8.94. The summed E-state index contributed by atoms with van der Waals surface area (Å²) in [6, 6.07) is 0. The average Bonchev–Trinajstić information content (AvgIpc) is 2.01. The minimum absolute atomic E-state index is 0.318. The van der Waals surface area contributed by atoms with Crippen molar-refractivity contribution >= 4 is 0 Å². The van der Waals surface area contributed by atoms with Gasteiger partial charge in [-0.25, -0.2) is 0 Å². The van der Waals surface area contributed by atoms with Crippen LogP contribution in [0.2, 0.25) is 0 Å². The highest BCUT2D eigenvalue weighted by Crippen LogP contribution is 2.19. The van der Waals surface area contributed by atoms with E-state index in [9.17, 15) is 0 Å². The van der Waals surface area contributed by atoms with Gasteiger partial charge in [0, 0.05) is 6.61 Å². The monoisotopic (exact) mass is 173 g/mol. The molecule has 0 saturated heterocycles. The van der Waals surface area contributed by atoms with E-state index in [4.69, 9.17) is 4.74 Å². The van der Waals surface area contributed by atoms with Gasteiger partial charge in [0.1, 0.15) is 0 Å². The van der Waals surface area contributed by atoms with E-state index in [2.05, 4.69) is 26.1 Å². The van der Waals surface area contributed by atoms with Crippen LogP contribution in [0.1, 0.15) is 33.6 Å². The van der Waals surface area contributed by atoms with Gasteiger partial charge in [-0.2, -0.15) is 0 Å². The maximum absolute atomic E-state index is 5.52. The normalized spacial score (nSPS) is 12.0. The van der Waals surface area contributed by atoms with Gasteiger partial charge in [-0.05, 0) is 31.8 Å². The van der Waals surface area contributed by atoms with Gasteiger partial charge in [0.05, 0.1) is 6.61 Å². The molecule has 0 atom stereocenters. The lowest BCUT2D eigenvalue weighted by atomic mass is 9.90. The van der Waals surface area contributed by atoms with Gasteiger partial charge in [-0.1, -0.05) is 20.8 Å². The van der Waals surface area contributed by atoms with Crippen molar-refractivity contribution in [2.75, 3.05) is 26.8 Å². The van der Waals surface area contributed by atoms with Gasteiger partial charge in [-0.15, -0.1) is 0 Å². The van der Waals surface area contributed by atoms with Gasteiger partial charge >= 0.3 is 0 Å². The maximum atomic E-state index is 5.52. The average molecular weight is 173 g/mol. The van der Waals surface area contributed by atoms with Crippen molar-refractivity contribution in [2.45, 2.75) is 33.6 Å². The van der Waals surface area contributed by atoms with E-state index >= 15 is 0 Å². The number of nitrogens with one attached hydrogen (secondary N) is 1. The van der Waals surface area contributed by atoms with Crippen LogP contribution >= 0.6 is 0 Å². The van der Waals surface area contributed by atoms with Crippen LogP contribution < -0.4 is 5.32 Å². The standard InChI is InChI=1S/C10H23NO/c1-5-8-12-9-10(2,3)6-7-11-4/h11H,5-9H2,1-4H3. The molecular formula is C10H23NO. The van der Waals surface area contributed by atoms with Gasteiger partial charge < -0.3 is 10.1 Å². The van der Waals surface area contributed by atoms with Crippen LogP contribution in [0.4, 0.5) is 0 Å². The molecule has 2 heteroatoms. The molecule has 2 nitrogen and oxygen atoms in total. The fourth-order valence-electron chi connectivity index (χ4n) is 1.03. The second-order valence-electron chi connectivity index (χ2n) is 4.07. The van der Waals surface area contributed by atoms with Crippen molar-refractivity contribution < 1.29 is 4.74 Å². The van der Waals surface area contributed by atoms with E-state index in [1.54, 1.807) is 0 Å². The van der Waals surface area contributed by atoms with Crippen molar-refractivity contribution in [1.29, 1.82) is 0 Å². The summed E-state index contributed by atoms with van der Waals surface area (Å²) in [5.41, 5.74) is 0.318. The third kappa shape index (κ3) is 6.62. The summed E-state index contributed by atoms with van der Waals surface area (Å²) < 4.78 is 5.52. The summed E-state index contributed by atoms with van der Waals surface area (Å²) >= 11 is 0. The lowest BCUT2D eigenvalue weighted by Gasteiger charge is -2.24. The molecule has 0 heterocycles. The molecule has 0 radical (unpaired) electrons. The molecule has 0 unspecified atom stereocenters. The van der Waals surface area contributed by atoms with Crippen molar-refractivity contribution in [3.8, 4) is 0 Å². The fraction of sp³-hybridized carbons (Fsp3) is 1.00. The Labute approximate surface area is 76.7 Å². The molecule has 0 spiro atoms. The highest BCUT2D eigenvalue weighted by molar-refractivity contribution is 4.68. The van der Waals surface area contributed by atoms with Crippen molar-refractivity contribution in [3.63, 3.8) is 0 Å². The van der Waals surface area contributed by atoms with E-state index in [-0.39, 0.29) is 0 Å². The van der Waals surface area contributed by atoms with Crippen LogP contribution in [0, 0.1) is 5.41 Å². The van der Waals surface area contributed by atoms with E-state index in [0.717, 1.165) is 26.2 Å². The van der Waals surface area contributed by atoms with Crippen LogP contribution in [0.15, 0.2) is 0 Å². The highest BCUT2D eigenvalue weighted by Gasteiger charge is 2.16. The smallest absolute Gasteiger partial charge is 0.0517 e. The lowest BCUT2D eigenvalue weighted by Crippen LogP contribution is -2.24. The summed E-state index contributed by atoms with van der Waals surface area (Å²) in [5, 5.41) is 3.16. The second kappa shape index (κ2) is 6.44. The minimum Gasteiger partial charge on any atom is -0.381 e. The first-order chi connectivity index (χ1) is 5.62. The SMILES string of the molecule is CCCOCC(C)(C)CCNC. The third-order valence-corrected chi connectivity index (χ3v) is 1.89. The first kappa shape index (κ1) is 11.9. The second-order valence-corrected chi connectivity index (χ2v) is 4.07. The van der Waals surface area contributed by atoms with Crippen LogP contribution in [-0.4, -0.2) is 26.8 Å². The van der Waals surface area contributed by atoms with Crippen LogP contribution in [0.5, 0.6) is 0 Å². The van der Waals surface area contributed by atoms with Gasteiger partial charge in [0.25, 0.3) is 0 Å². The fourth-order valence-corrected chi connectivity index (χ4v) is 1.03. The largest absolute Gasteiger partial charge is 0.381 e. The Morgan fingerprint density at radius 2 is 2.00 bits per heavy atom. The lowest BCUT2D eigenvalue weighted by molar-refractivity contribution is 0.0586. The molecule has 0 fully saturated rings. The molecule has 0 aromatic rings. The van der Waals surface area contributed by atoms with E-state index in [1.807, 2.05) is 7.05 Å². The Morgan fingerprint density at radius 3 is 2.50 bits per heavy atom. The van der Waals surface area contributed by atoms with Crippen molar-refractivity contribution in [1.82, 2.24) is 5.32 Å². The predicted octanol–water partition coefficient (Wildman–Crippen LogP) is 2.05. The zero-order chi connectivity index (χ0) is 9.45. The molecule has 12 heavy (non-hydrogen) atoms. The summed E-state index contributed by atoms with van der Waals surface area (Å²) in [6.07, 6.45) is 2.29. The molecule has 0 aliphatic rings. The molecule has 0 saturated carbocycles. The van der Waals surface area contributed by atoms with E-state index < -0.39 is 0 Å². The zero-order valence-electron chi connectivity index (χ0n) is 8.94. The molecule has 0 aliphatic carbocycles. The molecule has 0 aromatic heterocycles. The Balaban J connectivity index is 3.42. The van der Waals surface area contributed by atoms with Gasteiger partial charge in [0.2, 0.25) is 0 Å². The van der Waals surface area contributed by atoms with Crippen LogP contribution in [0.3, 0.4) is 0 Å². The number of ether oxygens (including phenoxy) is 1. The molecule has 74 valence electrons. The molecular weight excluding hydrogens is 150 g/mol.